The van der Waals surface area contributed by atoms with Crippen LogP contribution in [0.5, 0.6) is 0 Å². The normalized spacial score (nSPS) is 15.7. The molecule has 1 rings (SSSR count). The first kappa shape index (κ1) is 12.6. The van der Waals surface area contributed by atoms with Crippen LogP contribution in [-0.2, 0) is 0 Å². The van der Waals surface area contributed by atoms with Crippen LogP contribution in [0.15, 0.2) is 40.3 Å². The van der Waals surface area contributed by atoms with Gasteiger partial charge in [-0.05, 0) is 18.9 Å². The van der Waals surface area contributed by atoms with Crippen molar-refractivity contribution < 1.29 is 0 Å². The Hall–Kier alpha value is -1.44. The van der Waals surface area contributed by atoms with Gasteiger partial charge in [-0.25, -0.2) is 4.99 Å². The third-order valence-corrected chi connectivity index (χ3v) is 2.61. The van der Waals surface area contributed by atoms with Gasteiger partial charge in [0.05, 0.1) is 0 Å². The number of nitrogens with zero attached hydrogens (tertiary/aromatic N) is 2. The van der Waals surface area contributed by atoms with Crippen molar-refractivity contribution >= 4 is 12.6 Å². The predicted molar refractivity (Wildman–Crippen MR) is 71.6 cm³/mol. The van der Waals surface area contributed by atoms with Crippen LogP contribution in [0.3, 0.4) is 0 Å². The highest BCUT2D eigenvalue weighted by atomic mass is 14.9. The van der Waals surface area contributed by atoms with Crippen LogP contribution in [0.25, 0.3) is 0 Å². The van der Waals surface area contributed by atoms with Crippen LogP contribution in [0.1, 0.15) is 38.7 Å². The Kier molecular flexibility index (Phi) is 5.48. The van der Waals surface area contributed by atoms with E-state index in [0.29, 0.717) is 12.0 Å². The molecule has 2 heteroatoms. The van der Waals surface area contributed by atoms with Gasteiger partial charge in [0.2, 0.25) is 0 Å². The van der Waals surface area contributed by atoms with E-state index in [1.165, 1.54) is 5.56 Å². The van der Waals surface area contributed by atoms with E-state index in [0.717, 1.165) is 6.42 Å². The lowest BCUT2D eigenvalue weighted by Gasteiger charge is -2.04. The average Bonchev–Trinajstić information content (AvgIpc) is 2.35. The predicted octanol–water partition coefficient (Wildman–Crippen LogP) is 3.69. The molecule has 0 aromatic heterocycles. The lowest BCUT2D eigenvalue weighted by atomic mass is 10.0. The molecule has 0 spiro atoms. The first-order valence-electron chi connectivity index (χ1n) is 5.84. The van der Waals surface area contributed by atoms with Crippen molar-refractivity contribution in [2.75, 3.05) is 0 Å². The minimum Gasteiger partial charge on any atom is -0.271 e. The summed E-state index contributed by atoms with van der Waals surface area (Å²) in [4.78, 5) is 8.50. The molecule has 1 aromatic rings. The zero-order chi connectivity index (χ0) is 11.8. The second kappa shape index (κ2) is 6.94. The highest BCUT2D eigenvalue weighted by molar-refractivity contribution is 5.77. The molecular formula is C14H20N2. The van der Waals surface area contributed by atoms with Crippen LogP contribution in [0, 0.1) is 0 Å². The third kappa shape index (κ3) is 4.39. The molecule has 0 amide bonds. The second-order valence-corrected chi connectivity index (χ2v) is 4.02. The minimum atomic E-state index is 0.338. The fourth-order valence-electron chi connectivity index (χ4n) is 1.27. The van der Waals surface area contributed by atoms with E-state index in [-0.39, 0.29) is 0 Å². The van der Waals surface area contributed by atoms with Crippen LogP contribution < -0.4 is 0 Å². The Bertz CT molecular complexity index is 341. The van der Waals surface area contributed by atoms with Crippen molar-refractivity contribution in [2.24, 2.45) is 9.98 Å². The maximum Gasteiger partial charge on any atom is 0.109 e. The first-order valence-corrected chi connectivity index (χ1v) is 5.84. The zero-order valence-corrected chi connectivity index (χ0v) is 10.3. The summed E-state index contributed by atoms with van der Waals surface area (Å²) in [7, 11) is 0. The van der Waals surface area contributed by atoms with E-state index in [2.05, 4.69) is 42.9 Å². The van der Waals surface area contributed by atoms with Gasteiger partial charge in [-0.15, -0.1) is 0 Å². The summed E-state index contributed by atoms with van der Waals surface area (Å²) < 4.78 is 0. The van der Waals surface area contributed by atoms with Crippen molar-refractivity contribution in [2.45, 2.75) is 39.2 Å². The van der Waals surface area contributed by atoms with Crippen LogP contribution in [0.2, 0.25) is 0 Å². The van der Waals surface area contributed by atoms with Crippen LogP contribution >= 0.6 is 0 Å². The maximum absolute atomic E-state index is 4.29. The summed E-state index contributed by atoms with van der Waals surface area (Å²) in [5.74, 6) is 0.338. The molecule has 0 radical (unpaired) electrons. The summed E-state index contributed by atoms with van der Waals surface area (Å²) in [6.07, 6.45) is 4.65. The summed E-state index contributed by atoms with van der Waals surface area (Å²) in [6, 6.07) is 10.7. The molecule has 2 atom stereocenters. The standard InChI is InChI=1S/C14H20N2/c1-4-13(3)16-11-15-10-12(2)14-8-6-5-7-9-14/h5-13H,4H2,1-3H3/b15-10-,16-11-. The quantitative estimate of drug-likeness (QED) is 0.530. The first-order chi connectivity index (χ1) is 7.74. The van der Waals surface area contributed by atoms with E-state index >= 15 is 0 Å². The fraction of sp³-hybridized carbons (Fsp3) is 0.429. The van der Waals surface area contributed by atoms with Gasteiger partial charge in [-0.1, -0.05) is 44.2 Å². The van der Waals surface area contributed by atoms with Gasteiger partial charge in [0, 0.05) is 18.2 Å². The largest absolute Gasteiger partial charge is 0.271 e. The molecule has 86 valence electrons. The van der Waals surface area contributed by atoms with Gasteiger partial charge in [-0.3, -0.25) is 4.99 Å². The number of hydrogen-bond donors (Lipinski definition) is 0. The molecule has 0 aliphatic heterocycles. The molecule has 0 heterocycles. The molecule has 0 fully saturated rings. The van der Waals surface area contributed by atoms with E-state index < -0.39 is 0 Å². The maximum atomic E-state index is 4.29. The molecule has 0 aliphatic rings. The summed E-state index contributed by atoms with van der Waals surface area (Å²) in [5.41, 5.74) is 1.28. The fourth-order valence-corrected chi connectivity index (χ4v) is 1.27. The van der Waals surface area contributed by atoms with Gasteiger partial charge in [0.15, 0.2) is 0 Å². The van der Waals surface area contributed by atoms with Crippen LogP contribution in [-0.4, -0.2) is 18.6 Å². The highest BCUT2D eigenvalue weighted by Gasteiger charge is 1.99. The van der Waals surface area contributed by atoms with Gasteiger partial charge in [-0.2, -0.15) is 0 Å². The van der Waals surface area contributed by atoms with E-state index in [9.17, 15) is 0 Å². The number of benzene rings is 1. The molecule has 16 heavy (non-hydrogen) atoms. The van der Waals surface area contributed by atoms with E-state index in [4.69, 9.17) is 0 Å². The van der Waals surface area contributed by atoms with Gasteiger partial charge >= 0.3 is 0 Å². The Labute approximate surface area is 98.1 Å². The minimum absolute atomic E-state index is 0.338. The number of hydrogen-bond acceptors (Lipinski definition) is 1. The van der Waals surface area contributed by atoms with Crippen molar-refractivity contribution in [1.29, 1.82) is 0 Å². The highest BCUT2D eigenvalue weighted by Crippen LogP contribution is 2.11. The number of rotatable bonds is 5. The summed E-state index contributed by atoms with van der Waals surface area (Å²) in [6.45, 7) is 6.35. The molecule has 1 aromatic carbocycles. The molecule has 0 saturated carbocycles. The molecule has 0 aliphatic carbocycles. The SMILES string of the molecule is CCC(C)/N=C\N=C/C(C)c1ccccc1. The lowest BCUT2D eigenvalue weighted by molar-refractivity contribution is 0.719. The molecular weight excluding hydrogens is 196 g/mol. The zero-order valence-electron chi connectivity index (χ0n) is 10.3. The van der Waals surface area contributed by atoms with Gasteiger partial charge < -0.3 is 0 Å². The Morgan fingerprint density at radius 3 is 2.50 bits per heavy atom. The Morgan fingerprint density at radius 1 is 1.19 bits per heavy atom. The Balaban J connectivity index is 2.49. The van der Waals surface area contributed by atoms with Crippen molar-refractivity contribution in [1.82, 2.24) is 0 Å². The average molecular weight is 216 g/mol. The lowest BCUT2D eigenvalue weighted by Crippen LogP contribution is -1.96. The van der Waals surface area contributed by atoms with Crippen LogP contribution in [0.4, 0.5) is 0 Å². The topological polar surface area (TPSA) is 24.7 Å². The molecule has 0 saturated heterocycles. The molecule has 0 bridgehead atoms. The van der Waals surface area contributed by atoms with E-state index in [1.54, 1.807) is 6.34 Å². The van der Waals surface area contributed by atoms with Gasteiger partial charge in [0.1, 0.15) is 6.34 Å². The van der Waals surface area contributed by atoms with E-state index in [1.807, 2.05) is 24.4 Å². The summed E-state index contributed by atoms with van der Waals surface area (Å²) in [5, 5.41) is 0. The second-order valence-electron chi connectivity index (χ2n) is 4.02. The van der Waals surface area contributed by atoms with Crippen molar-refractivity contribution in [3.63, 3.8) is 0 Å². The summed E-state index contributed by atoms with van der Waals surface area (Å²) >= 11 is 0. The molecule has 2 nitrogen and oxygen atoms in total. The van der Waals surface area contributed by atoms with Gasteiger partial charge in [0.25, 0.3) is 0 Å². The third-order valence-electron chi connectivity index (χ3n) is 2.61. The number of aliphatic imine (C=N–C) groups is 2. The molecule has 0 N–H and O–H groups in total. The van der Waals surface area contributed by atoms with Crippen molar-refractivity contribution in [3.05, 3.63) is 35.9 Å². The van der Waals surface area contributed by atoms with Crippen molar-refractivity contribution in [3.8, 4) is 0 Å². The Morgan fingerprint density at radius 2 is 1.88 bits per heavy atom. The smallest absolute Gasteiger partial charge is 0.109 e. The molecule has 2 unspecified atom stereocenters. The monoisotopic (exact) mass is 216 g/mol.